The van der Waals surface area contributed by atoms with Gasteiger partial charge in [-0.1, -0.05) is 45.4 Å². The first-order valence-electron chi connectivity index (χ1n) is 7.05. The Morgan fingerprint density at radius 1 is 1.35 bits per heavy atom. The smallest absolute Gasteiger partial charge is 0.0323 e. The number of fused-ring (bicyclic) bond motifs is 1. The van der Waals surface area contributed by atoms with Crippen molar-refractivity contribution in [2.45, 2.75) is 52.5 Å². The Hall–Kier alpha value is -0.820. The lowest BCUT2D eigenvalue weighted by Gasteiger charge is -2.27. The molecule has 0 saturated heterocycles. The maximum Gasteiger partial charge on any atom is 0.0323 e. The highest BCUT2D eigenvalue weighted by atomic mass is 14.9. The van der Waals surface area contributed by atoms with Crippen LogP contribution < -0.4 is 5.32 Å². The van der Waals surface area contributed by atoms with Crippen molar-refractivity contribution in [3.63, 3.8) is 0 Å². The Morgan fingerprint density at radius 3 is 2.88 bits per heavy atom. The molecule has 0 saturated carbocycles. The summed E-state index contributed by atoms with van der Waals surface area (Å²) >= 11 is 0. The Kier molecular flexibility index (Phi) is 4.22. The number of rotatable bonds is 4. The third-order valence-corrected chi connectivity index (χ3v) is 3.59. The molecule has 1 heteroatoms. The van der Waals surface area contributed by atoms with Crippen molar-refractivity contribution < 1.29 is 0 Å². The van der Waals surface area contributed by atoms with E-state index in [0.717, 1.165) is 12.5 Å². The van der Waals surface area contributed by atoms with Gasteiger partial charge in [0.05, 0.1) is 0 Å². The standard InChI is InChI=1S/C16H25N/c1-4-5-16-15-11-13(10-12(2)3)6-7-14(15)8-9-17-16/h6-7,11-12,16-17H,4-5,8-10H2,1-3H3. The van der Waals surface area contributed by atoms with Crippen LogP contribution in [-0.4, -0.2) is 6.54 Å². The van der Waals surface area contributed by atoms with E-state index < -0.39 is 0 Å². The molecule has 1 unspecified atom stereocenters. The molecule has 0 amide bonds. The van der Waals surface area contributed by atoms with E-state index in [1.54, 1.807) is 11.1 Å². The van der Waals surface area contributed by atoms with E-state index in [4.69, 9.17) is 0 Å². The zero-order valence-electron chi connectivity index (χ0n) is 11.4. The van der Waals surface area contributed by atoms with Crippen LogP contribution in [0.25, 0.3) is 0 Å². The van der Waals surface area contributed by atoms with E-state index in [1.165, 1.54) is 31.2 Å². The monoisotopic (exact) mass is 231 g/mol. The van der Waals surface area contributed by atoms with Gasteiger partial charge in [0.1, 0.15) is 0 Å². The maximum absolute atomic E-state index is 3.66. The molecule has 1 nitrogen and oxygen atoms in total. The van der Waals surface area contributed by atoms with Crippen molar-refractivity contribution in [2.24, 2.45) is 5.92 Å². The first kappa shape index (κ1) is 12.6. The molecule has 1 aliphatic rings. The third-order valence-electron chi connectivity index (χ3n) is 3.59. The second-order valence-electron chi connectivity index (χ2n) is 5.68. The summed E-state index contributed by atoms with van der Waals surface area (Å²) < 4.78 is 0. The summed E-state index contributed by atoms with van der Waals surface area (Å²) in [5.41, 5.74) is 4.63. The van der Waals surface area contributed by atoms with Crippen LogP contribution in [0.5, 0.6) is 0 Å². The third kappa shape index (κ3) is 3.10. The summed E-state index contributed by atoms with van der Waals surface area (Å²) in [7, 11) is 0. The van der Waals surface area contributed by atoms with E-state index in [-0.39, 0.29) is 0 Å². The van der Waals surface area contributed by atoms with Gasteiger partial charge >= 0.3 is 0 Å². The fourth-order valence-corrected chi connectivity index (χ4v) is 2.83. The molecule has 1 aromatic rings. The zero-order chi connectivity index (χ0) is 12.3. The Bertz CT molecular complexity index is 368. The molecule has 0 aromatic heterocycles. The van der Waals surface area contributed by atoms with Gasteiger partial charge < -0.3 is 5.32 Å². The summed E-state index contributed by atoms with van der Waals surface area (Å²) in [6.07, 6.45) is 4.91. The van der Waals surface area contributed by atoms with E-state index in [9.17, 15) is 0 Å². The van der Waals surface area contributed by atoms with Crippen molar-refractivity contribution in [3.05, 3.63) is 34.9 Å². The van der Waals surface area contributed by atoms with Crippen molar-refractivity contribution in [1.29, 1.82) is 0 Å². The highest BCUT2D eigenvalue weighted by molar-refractivity contribution is 5.36. The van der Waals surface area contributed by atoms with Crippen LogP contribution in [0, 0.1) is 5.92 Å². The number of hydrogen-bond donors (Lipinski definition) is 1. The van der Waals surface area contributed by atoms with Gasteiger partial charge in [0.25, 0.3) is 0 Å². The van der Waals surface area contributed by atoms with E-state index >= 15 is 0 Å². The molecule has 0 spiro atoms. The Morgan fingerprint density at radius 2 is 2.18 bits per heavy atom. The van der Waals surface area contributed by atoms with Crippen molar-refractivity contribution in [3.8, 4) is 0 Å². The first-order valence-corrected chi connectivity index (χ1v) is 7.05. The highest BCUT2D eigenvalue weighted by Gasteiger charge is 2.18. The molecule has 1 atom stereocenters. The lowest BCUT2D eigenvalue weighted by Crippen LogP contribution is -2.29. The summed E-state index contributed by atoms with van der Waals surface area (Å²) in [5, 5.41) is 3.66. The van der Waals surface area contributed by atoms with E-state index in [1.807, 2.05) is 0 Å². The summed E-state index contributed by atoms with van der Waals surface area (Å²) in [5.74, 6) is 0.745. The van der Waals surface area contributed by atoms with Gasteiger partial charge in [-0.25, -0.2) is 0 Å². The Labute approximate surface area is 106 Å². The lowest BCUT2D eigenvalue weighted by molar-refractivity contribution is 0.470. The van der Waals surface area contributed by atoms with Crippen LogP contribution in [0.3, 0.4) is 0 Å². The molecule has 0 bridgehead atoms. The average Bonchev–Trinajstić information content (AvgIpc) is 2.29. The molecule has 17 heavy (non-hydrogen) atoms. The molecule has 0 radical (unpaired) electrons. The first-order chi connectivity index (χ1) is 8.20. The Balaban J connectivity index is 2.24. The largest absolute Gasteiger partial charge is 0.310 e. The molecule has 1 N–H and O–H groups in total. The number of nitrogens with one attached hydrogen (secondary N) is 1. The number of benzene rings is 1. The molecular formula is C16H25N. The van der Waals surface area contributed by atoms with Crippen LogP contribution >= 0.6 is 0 Å². The molecular weight excluding hydrogens is 206 g/mol. The molecule has 1 heterocycles. The van der Waals surface area contributed by atoms with Crippen LogP contribution in [0.1, 0.15) is 56.3 Å². The van der Waals surface area contributed by atoms with Gasteiger partial charge in [0.15, 0.2) is 0 Å². The topological polar surface area (TPSA) is 12.0 Å². The molecule has 1 aromatic carbocycles. The SMILES string of the molecule is CCCC1NCCc2ccc(CC(C)C)cc21. The second kappa shape index (κ2) is 5.68. The van der Waals surface area contributed by atoms with E-state index in [0.29, 0.717) is 6.04 Å². The lowest BCUT2D eigenvalue weighted by atomic mass is 9.89. The second-order valence-corrected chi connectivity index (χ2v) is 5.68. The fourth-order valence-electron chi connectivity index (χ4n) is 2.83. The quantitative estimate of drug-likeness (QED) is 0.829. The van der Waals surface area contributed by atoms with Gasteiger partial charge in [-0.05, 0) is 48.4 Å². The predicted molar refractivity (Wildman–Crippen MR) is 74.3 cm³/mol. The minimum absolute atomic E-state index is 0.593. The molecule has 1 aliphatic heterocycles. The van der Waals surface area contributed by atoms with Crippen molar-refractivity contribution in [2.75, 3.05) is 6.54 Å². The molecule has 0 aliphatic carbocycles. The van der Waals surface area contributed by atoms with Gasteiger partial charge in [-0.2, -0.15) is 0 Å². The van der Waals surface area contributed by atoms with Crippen LogP contribution in [-0.2, 0) is 12.8 Å². The summed E-state index contributed by atoms with van der Waals surface area (Å²) in [4.78, 5) is 0. The molecule has 94 valence electrons. The minimum atomic E-state index is 0.593. The zero-order valence-corrected chi connectivity index (χ0v) is 11.4. The van der Waals surface area contributed by atoms with Gasteiger partial charge in [0, 0.05) is 6.04 Å². The number of hydrogen-bond acceptors (Lipinski definition) is 1. The van der Waals surface area contributed by atoms with Crippen molar-refractivity contribution in [1.82, 2.24) is 5.32 Å². The predicted octanol–water partition coefficient (Wildman–Crippen LogP) is 3.87. The van der Waals surface area contributed by atoms with Crippen LogP contribution in [0.2, 0.25) is 0 Å². The van der Waals surface area contributed by atoms with Gasteiger partial charge in [-0.15, -0.1) is 0 Å². The summed E-state index contributed by atoms with van der Waals surface area (Å²) in [6.45, 7) is 8.00. The fraction of sp³-hybridized carbons (Fsp3) is 0.625. The highest BCUT2D eigenvalue weighted by Crippen LogP contribution is 2.28. The maximum atomic E-state index is 3.66. The molecule has 0 fully saturated rings. The van der Waals surface area contributed by atoms with Crippen LogP contribution in [0.15, 0.2) is 18.2 Å². The van der Waals surface area contributed by atoms with E-state index in [2.05, 4.69) is 44.3 Å². The molecule has 2 rings (SSSR count). The minimum Gasteiger partial charge on any atom is -0.310 e. The average molecular weight is 231 g/mol. The summed E-state index contributed by atoms with van der Waals surface area (Å²) in [6, 6.07) is 7.72. The van der Waals surface area contributed by atoms with Gasteiger partial charge in [0.2, 0.25) is 0 Å². The van der Waals surface area contributed by atoms with Gasteiger partial charge in [-0.3, -0.25) is 0 Å². The van der Waals surface area contributed by atoms with Crippen molar-refractivity contribution >= 4 is 0 Å². The van der Waals surface area contributed by atoms with Crippen LogP contribution in [0.4, 0.5) is 0 Å². The normalized spacial score (nSPS) is 19.4.